The first-order chi connectivity index (χ1) is 14.8. The fourth-order valence-electron chi connectivity index (χ4n) is 4.46. The van der Waals surface area contributed by atoms with Gasteiger partial charge in [-0.15, -0.1) is 0 Å². The largest absolute Gasteiger partial charge is 0.484 e. The number of likely N-dealkylation sites (tertiary alicyclic amines) is 1. The van der Waals surface area contributed by atoms with E-state index in [9.17, 15) is 4.79 Å². The van der Waals surface area contributed by atoms with Gasteiger partial charge in [0.15, 0.2) is 11.9 Å². The molecule has 0 N–H and O–H groups in total. The lowest BCUT2D eigenvalue weighted by Gasteiger charge is -2.39. The molecule has 1 amide bonds. The maximum atomic E-state index is 12.0. The quantitative estimate of drug-likeness (QED) is 0.771. The molecular formula is C23H27N3O4. The lowest BCUT2D eigenvalue weighted by molar-refractivity contribution is 0.0368. The topological polar surface area (TPSA) is 64.1 Å². The normalized spacial score (nSPS) is 22.6. The van der Waals surface area contributed by atoms with Gasteiger partial charge in [0.1, 0.15) is 6.61 Å². The van der Waals surface area contributed by atoms with Crippen LogP contribution in [0.2, 0.25) is 0 Å². The molecule has 3 aliphatic rings. The van der Waals surface area contributed by atoms with Crippen molar-refractivity contribution in [3.63, 3.8) is 0 Å². The van der Waals surface area contributed by atoms with E-state index >= 15 is 0 Å². The van der Waals surface area contributed by atoms with Crippen molar-refractivity contribution < 1.29 is 19.0 Å². The third-order valence-electron chi connectivity index (χ3n) is 6.14. The fraction of sp³-hybridized carbons (Fsp3) is 0.478. The van der Waals surface area contributed by atoms with E-state index in [1.807, 2.05) is 17.0 Å². The summed E-state index contributed by atoms with van der Waals surface area (Å²) in [7, 11) is 0. The van der Waals surface area contributed by atoms with Crippen LogP contribution in [0.15, 0.2) is 42.6 Å². The number of amides is 1. The second-order valence-electron chi connectivity index (χ2n) is 8.13. The van der Waals surface area contributed by atoms with Crippen LogP contribution in [0.4, 0.5) is 4.79 Å². The van der Waals surface area contributed by atoms with E-state index < -0.39 is 0 Å². The molecule has 1 atom stereocenters. The Bertz CT molecular complexity index is 880. The molecule has 2 fully saturated rings. The Morgan fingerprint density at radius 3 is 2.67 bits per heavy atom. The predicted molar refractivity (Wildman–Crippen MR) is 111 cm³/mol. The molecule has 0 spiro atoms. The number of piperidine rings is 1. The summed E-state index contributed by atoms with van der Waals surface area (Å²) in [4.78, 5) is 20.6. The van der Waals surface area contributed by atoms with Crippen molar-refractivity contribution in [3.05, 3.63) is 53.7 Å². The first-order valence-corrected chi connectivity index (χ1v) is 10.8. The van der Waals surface area contributed by atoms with Gasteiger partial charge in [0.25, 0.3) is 5.88 Å². The monoisotopic (exact) mass is 409 g/mol. The summed E-state index contributed by atoms with van der Waals surface area (Å²) in [6.45, 7) is 4.80. The zero-order valence-corrected chi connectivity index (χ0v) is 17.0. The molecule has 7 heteroatoms. The summed E-state index contributed by atoms with van der Waals surface area (Å²) >= 11 is 0. The van der Waals surface area contributed by atoms with Gasteiger partial charge in [-0.2, -0.15) is 0 Å². The van der Waals surface area contributed by atoms with E-state index in [0.717, 1.165) is 51.0 Å². The standard InChI is InChI=1S/C23H27N3O4/c27-23-26(11-2-14-28-23)19-8-12-25(13-9-19)15-17-4-6-18(7-5-17)21-16-29-20-3-1-10-24-22(20)30-21/h1,3-7,10,19,21H,2,8-9,11-16H2. The van der Waals surface area contributed by atoms with Crippen LogP contribution in [-0.2, 0) is 11.3 Å². The molecule has 4 heterocycles. The Morgan fingerprint density at radius 2 is 1.87 bits per heavy atom. The van der Waals surface area contributed by atoms with E-state index in [0.29, 0.717) is 30.9 Å². The molecule has 1 aromatic heterocycles. The van der Waals surface area contributed by atoms with E-state index in [2.05, 4.69) is 34.1 Å². The summed E-state index contributed by atoms with van der Waals surface area (Å²) in [5, 5.41) is 0. The number of carbonyl (C=O) groups is 1. The molecule has 30 heavy (non-hydrogen) atoms. The van der Waals surface area contributed by atoms with Crippen LogP contribution < -0.4 is 9.47 Å². The van der Waals surface area contributed by atoms with Crippen molar-refractivity contribution in [2.75, 3.05) is 32.8 Å². The molecule has 5 rings (SSSR count). The number of hydrogen-bond donors (Lipinski definition) is 0. The van der Waals surface area contributed by atoms with E-state index in [1.54, 1.807) is 6.20 Å². The minimum atomic E-state index is -0.138. The Balaban J connectivity index is 1.14. The van der Waals surface area contributed by atoms with Gasteiger partial charge in [-0.05, 0) is 42.5 Å². The number of cyclic esters (lactones) is 1. The van der Waals surface area contributed by atoms with Crippen LogP contribution in [0.5, 0.6) is 11.6 Å². The Morgan fingerprint density at radius 1 is 1.03 bits per heavy atom. The number of rotatable bonds is 4. The van der Waals surface area contributed by atoms with Gasteiger partial charge < -0.3 is 19.1 Å². The number of carbonyl (C=O) groups excluding carboxylic acids is 1. The summed E-state index contributed by atoms with van der Waals surface area (Å²) in [5.74, 6) is 1.25. The second-order valence-corrected chi connectivity index (χ2v) is 8.13. The van der Waals surface area contributed by atoms with Crippen LogP contribution in [0, 0.1) is 0 Å². The Labute approximate surface area is 176 Å². The van der Waals surface area contributed by atoms with E-state index in [4.69, 9.17) is 14.2 Å². The van der Waals surface area contributed by atoms with Crippen molar-refractivity contribution in [1.82, 2.24) is 14.8 Å². The second kappa shape index (κ2) is 8.52. The molecule has 0 saturated carbocycles. The molecule has 0 radical (unpaired) electrons. The number of ether oxygens (including phenoxy) is 3. The van der Waals surface area contributed by atoms with Gasteiger partial charge in [-0.25, -0.2) is 9.78 Å². The van der Waals surface area contributed by atoms with Crippen LogP contribution in [0.1, 0.15) is 36.5 Å². The average Bonchev–Trinajstić information content (AvgIpc) is 2.80. The maximum absolute atomic E-state index is 12.0. The molecule has 1 aromatic carbocycles. The number of pyridine rings is 1. The number of hydrogen-bond acceptors (Lipinski definition) is 6. The van der Waals surface area contributed by atoms with Crippen LogP contribution in [0.25, 0.3) is 0 Å². The highest BCUT2D eigenvalue weighted by molar-refractivity contribution is 5.68. The fourth-order valence-corrected chi connectivity index (χ4v) is 4.46. The van der Waals surface area contributed by atoms with Crippen LogP contribution in [-0.4, -0.2) is 59.8 Å². The smallest absolute Gasteiger partial charge is 0.410 e. The van der Waals surface area contributed by atoms with Crippen molar-refractivity contribution in [2.45, 2.75) is 38.0 Å². The Hall–Kier alpha value is -2.80. The third-order valence-corrected chi connectivity index (χ3v) is 6.14. The first-order valence-electron chi connectivity index (χ1n) is 10.8. The van der Waals surface area contributed by atoms with Crippen LogP contribution >= 0.6 is 0 Å². The lowest BCUT2D eigenvalue weighted by Crippen LogP contribution is -2.49. The summed E-state index contributed by atoms with van der Waals surface area (Å²) in [6.07, 6.45) is 4.39. The van der Waals surface area contributed by atoms with Crippen molar-refractivity contribution in [1.29, 1.82) is 0 Å². The van der Waals surface area contributed by atoms with E-state index in [1.165, 1.54) is 5.56 Å². The molecule has 158 valence electrons. The highest BCUT2D eigenvalue weighted by Crippen LogP contribution is 2.34. The predicted octanol–water partition coefficient (Wildman–Crippen LogP) is 3.40. The maximum Gasteiger partial charge on any atom is 0.410 e. The van der Waals surface area contributed by atoms with Gasteiger partial charge in [0.05, 0.1) is 6.61 Å². The number of aromatic nitrogens is 1. The van der Waals surface area contributed by atoms with Gasteiger partial charge >= 0.3 is 6.09 Å². The minimum absolute atomic E-state index is 0.137. The molecule has 1 unspecified atom stereocenters. The van der Waals surface area contributed by atoms with E-state index in [-0.39, 0.29) is 12.2 Å². The lowest BCUT2D eigenvalue weighted by atomic mass is 10.0. The summed E-state index contributed by atoms with van der Waals surface area (Å²) < 4.78 is 17.0. The minimum Gasteiger partial charge on any atom is -0.484 e. The van der Waals surface area contributed by atoms with Crippen molar-refractivity contribution in [2.24, 2.45) is 0 Å². The molecule has 0 bridgehead atoms. The average molecular weight is 409 g/mol. The molecule has 3 aliphatic heterocycles. The van der Waals surface area contributed by atoms with Crippen molar-refractivity contribution >= 4 is 6.09 Å². The molecule has 0 aliphatic carbocycles. The van der Waals surface area contributed by atoms with Gasteiger partial charge in [0, 0.05) is 38.4 Å². The summed E-state index contributed by atoms with van der Waals surface area (Å²) in [6, 6.07) is 12.6. The van der Waals surface area contributed by atoms with Gasteiger partial charge in [0.2, 0.25) is 0 Å². The number of nitrogens with zero attached hydrogens (tertiary/aromatic N) is 3. The number of benzene rings is 1. The van der Waals surface area contributed by atoms with Crippen molar-refractivity contribution in [3.8, 4) is 11.6 Å². The SMILES string of the molecule is O=C1OCCCN1C1CCN(Cc2ccc(C3COc4cccnc4O3)cc2)CC1. The van der Waals surface area contributed by atoms with Crippen LogP contribution in [0.3, 0.4) is 0 Å². The summed E-state index contributed by atoms with van der Waals surface area (Å²) in [5.41, 5.74) is 2.38. The first kappa shape index (κ1) is 19.2. The molecule has 2 saturated heterocycles. The zero-order chi connectivity index (χ0) is 20.3. The molecule has 7 nitrogen and oxygen atoms in total. The Kier molecular flexibility index (Phi) is 5.45. The highest BCUT2D eigenvalue weighted by Gasteiger charge is 2.30. The van der Waals surface area contributed by atoms with Gasteiger partial charge in [-0.1, -0.05) is 24.3 Å². The van der Waals surface area contributed by atoms with Gasteiger partial charge in [-0.3, -0.25) is 4.90 Å². The zero-order valence-electron chi connectivity index (χ0n) is 17.0. The number of fused-ring (bicyclic) bond motifs is 1. The highest BCUT2D eigenvalue weighted by atomic mass is 16.6. The molecular weight excluding hydrogens is 382 g/mol. The molecule has 2 aromatic rings. The third kappa shape index (κ3) is 4.07.